The zero-order valence-corrected chi connectivity index (χ0v) is 16.0. The number of carbonyl (C=O) groups is 1. The molecule has 2 N–H and O–H groups in total. The minimum atomic E-state index is -0.316. The molecule has 0 fully saturated rings. The van der Waals surface area contributed by atoms with E-state index in [2.05, 4.69) is 27.8 Å². The van der Waals surface area contributed by atoms with Crippen LogP contribution in [0.25, 0.3) is 0 Å². The zero-order chi connectivity index (χ0) is 18.1. The number of nitrogens with one attached hydrogen (secondary N) is 2. The number of unbranched alkanes of at least 4 members (excludes halogenated alkanes) is 2. The van der Waals surface area contributed by atoms with Crippen LogP contribution in [0.1, 0.15) is 48.5 Å². The van der Waals surface area contributed by atoms with E-state index in [0.29, 0.717) is 23.1 Å². The number of benzene rings is 1. The molecule has 1 amide bonds. The first-order chi connectivity index (χ1) is 12.1. The van der Waals surface area contributed by atoms with Crippen molar-refractivity contribution in [3.8, 4) is 5.75 Å². The van der Waals surface area contributed by atoms with Gasteiger partial charge in [-0.15, -0.1) is 10.2 Å². The number of para-hydroxylation sites is 1. The third-order valence-electron chi connectivity index (χ3n) is 3.35. The summed E-state index contributed by atoms with van der Waals surface area (Å²) in [6.07, 6.45) is 3.99. The van der Waals surface area contributed by atoms with E-state index in [1.807, 2.05) is 13.0 Å². The number of carbonyl (C=O) groups excluding carboxylic acids is 1. The molecule has 25 heavy (non-hydrogen) atoms. The van der Waals surface area contributed by atoms with Gasteiger partial charge < -0.3 is 10.1 Å². The standard InChI is InChI=1S/C17H22N4O2S2/c1-3-5-8-11-23-13-10-7-6-9-12(13)15(22)18-16(24)19-17-21-20-14(4-2)25-17/h6-7,9-10H,3-5,8,11H2,1-2H3,(H2,18,19,21,22,24). The summed E-state index contributed by atoms with van der Waals surface area (Å²) in [5.74, 6) is 0.243. The van der Waals surface area contributed by atoms with Gasteiger partial charge in [0.25, 0.3) is 5.91 Å². The maximum atomic E-state index is 12.5. The lowest BCUT2D eigenvalue weighted by atomic mass is 10.2. The third-order valence-corrected chi connectivity index (χ3v) is 4.54. The third kappa shape index (κ3) is 6.06. The maximum Gasteiger partial charge on any atom is 0.261 e. The average Bonchev–Trinajstić information content (AvgIpc) is 3.06. The molecule has 1 aromatic carbocycles. The van der Waals surface area contributed by atoms with Crippen LogP contribution in [-0.2, 0) is 6.42 Å². The Morgan fingerprint density at radius 3 is 2.76 bits per heavy atom. The molecule has 0 atom stereocenters. The average molecular weight is 379 g/mol. The molecule has 0 unspecified atom stereocenters. The molecular formula is C17H22N4O2S2. The fourth-order valence-electron chi connectivity index (χ4n) is 2.06. The van der Waals surface area contributed by atoms with Crippen LogP contribution < -0.4 is 15.4 Å². The molecule has 2 rings (SSSR count). The molecule has 1 heterocycles. The van der Waals surface area contributed by atoms with Crippen molar-refractivity contribution in [2.75, 3.05) is 11.9 Å². The SMILES string of the molecule is CCCCCOc1ccccc1C(=O)NC(=S)Nc1nnc(CC)s1. The molecule has 0 saturated heterocycles. The van der Waals surface area contributed by atoms with E-state index in [1.165, 1.54) is 11.3 Å². The van der Waals surface area contributed by atoms with E-state index >= 15 is 0 Å². The largest absolute Gasteiger partial charge is 0.493 e. The van der Waals surface area contributed by atoms with Crippen LogP contribution in [0, 0.1) is 0 Å². The molecule has 134 valence electrons. The van der Waals surface area contributed by atoms with Crippen LogP contribution in [0.2, 0.25) is 0 Å². The van der Waals surface area contributed by atoms with Crippen LogP contribution in [0.3, 0.4) is 0 Å². The molecule has 0 aliphatic carbocycles. The Kier molecular flexibility index (Phi) is 7.75. The minimum absolute atomic E-state index is 0.185. The van der Waals surface area contributed by atoms with Crippen molar-refractivity contribution in [2.45, 2.75) is 39.5 Å². The predicted octanol–water partition coefficient (Wildman–Crippen LogP) is 3.80. The van der Waals surface area contributed by atoms with Crippen LogP contribution in [0.5, 0.6) is 5.75 Å². The number of hydrogen-bond acceptors (Lipinski definition) is 6. The van der Waals surface area contributed by atoms with Crippen molar-refractivity contribution in [1.82, 2.24) is 15.5 Å². The van der Waals surface area contributed by atoms with E-state index < -0.39 is 0 Å². The lowest BCUT2D eigenvalue weighted by Crippen LogP contribution is -2.34. The summed E-state index contributed by atoms with van der Waals surface area (Å²) in [5.41, 5.74) is 0.453. The number of aromatic nitrogens is 2. The summed E-state index contributed by atoms with van der Waals surface area (Å²) in [6, 6.07) is 7.14. The summed E-state index contributed by atoms with van der Waals surface area (Å²) < 4.78 is 5.73. The first-order valence-corrected chi connectivity index (χ1v) is 9.53. The maximum absolute atomic E-state index is 12.5. The highest BCUT2D eigenvalue weighted by Gasteiger charge is 2.14. The fraction of sp³-hybridized carbons (Fsp3) is 0.412. The lowest BCUT2D eigenvalue weighted by Gasteiger charge is -2.12. The second-order valence-corrected chi connectivity index (χ2v) is 6.78. The van der Waals surface area contributed by atoms with Gasteiger partial charge >= 0.3 is 0 Å². The first kappa shape index (κ1) is 19.3. The van der Waals surface area contributed by atoms with Gasteiger partial charge in [0.2, 0.25) is 5.13 Å². The monoisotopic (exact) mass is 378 g/mol. The van der Waals surface area contributed by atoms with E-state index in [1.54, 1.807) is 18.2 Å². The van der Waals surface area contributed by atoms with Crippen LogP contribution >= 0.6 is 23.6 Å². The molecule has 1 aromatic heterocycles. The molecule has 2 aromatic rings. The van der Waals surface area contributed by atoms with Gasteiger partial charge in [0.1, 0.15) is 10.8 Å². The summed E-state index contributed by atoms with van der Waals surface area (Å²) >= 11 is 6.58. The highest BCUT2D eigenvalue weighted by Crippen LogP contribution is 2.19. The van der Waals surface area contributed by atoms with Gasteiger partial charge in [0, 0.05) is 0 Å². The van der Waals surface area contributed by atoms with Crippen molar-refractivity contribution in [2.24, 2.45) is 0 Å². The number of anilines is 1. The second-order valence-electron chi connectivity index (χ2n) is 5.31. The number of nitrogens with zero attached hydrogens (tertiary/aromatic N) is 2. The van der Waals surface area contributed by atoms with Crippen molar-refractivity contribution in [3.05, 3.63) is 34.8 Å². The van der Waals surface area contributed by atoms with Crippen LogP contribution in [0.15, 0.2) is 24.3 Å². The molecule has 0 spiro atoms. The van der Waals surface area contributed by atoms with Crippen molar-refractivity contribution < 1.29 is 9.53 Å². The summed E-state index contributed by atoms with van der Waals surface area (Å²) in [6.45, 7) is 4.73. The summed E-state index contributed by atoms with van der Waals surface area (Å²) in [5, 5.41) is 15.2. The number of ether oxygens (including phenoxy) is 1. The topological polar surface area (TPSA) is 76.1 Å². The quantitative estimate of drug-likeness (QED) is 0.537. The van der Waals surface area contributed by atoms with Crippen LogP contribution in [-0.4, -0.2) is 27.8 Å². The molecule has 6 nitrogen and oxygen atoms in total. The number of rotatable bonds is 8. The molecule has 0 aliphatic heterocycles. The molecule has 0 radical (unpaired) electrons. The fourth-order valence-corrected chi connectivity index (χ4v) is 3.00. The molecule has 0 saturated carbocycles. The summed E-state index contributed by atoms with van der Waals surface area (Å²) in [4.78, 5) is 12.5. The number of aryl methyl sites for hydroxylation is 1. The van der Waals surface area contributed by atoms with Gasteiger partial charge in [0.05, 0.1) is 12.2 Å². The van der Waals surface area contributed by atoms with Crippen molar-refractivity contribution in [1.29, 1.82) is 0 Å². The van der Waals surface area contributed by atoms with Gasteiger partial charge in [-0.25, -0.2) is 0 Å². The van der Waals surface area contributed by atoms with Crippen molar-refractivity contribution in [3.63, 3.8) is 0 Å². The molecule has 0 aliphatic rings. The Bertz CT molecular complexity index is 718. The van der Waals surface area contributed by atoms with Gasteiger partial charge in [-0.05, 0) is 37.2 Å². The van der Waals surface area contributed by atoms with Crippen molar-refractivity contribution >= 4 is 39.7 Å². The minimum Gasteiger partial charge on any atom is -0.493 e. The number of thiocarbonyl (C=S) groups is 1. The first-order valence-electron chi connectivity index (χ1n) is 8.30. The van der Waals surface area contributed by atoms with E-state index in [9.17, 15) is 4.79 Å². The Hall–Kier alpha value is -2.06. The lowest BCUT2D eigenvalue weighted by molar-refractivity contribution is 0.0973. The normalized spacial score (nSPS) is 10.3. The van der Waals surface area contributed by atoms with Gasteiger partial charge in [0.15, 0.2) is 5.11 Å². The summed E-state index contributed by atoms with van der Waals surface area (Å²) in [7, 11) is 0. The number of hydrogen-bond donors (Lipinski definition) is 2. The molecule has 0 bridgehead atoms. The van der Waals surface area contributed by atoms with Gasteiger partial charge in [-0.1, -0.05) is 50.2 Å². The second kappa shape index (κ2) is 10.0. The van der Waals surface area contributed by atoms with E-state index in [4.69, 9.17) is 17.0 Å². The van der Waals surface area contributed by atoms with E-state index in [-0.39, 0.29) is 11.0 Å². The molecule has 8 heteroatoms. The molecular weight excluding hydrogens is 356 g/mol. The predicted molar refractivity (Wildman–Crippen MR) is 104 cm³/mol. The number of amides is 1. The van der Waals surface area contributed by atoms with E-state index in [0.717, 1.165) is 30.7 Å². The Morgan fingerprint density at radius 1 is 1.24 bits per heavy atom. The Morgan fingerprint density at radius 2 is 2.04 bits per heavy atom. The highest BCUT2D eigenvalue weighted by atomic mass is 32.1. The Labute approximate surface area is 157 Å². The Balaban J connectivity index is 1.94. The zero-order valence-electron chi connectivity index (χ0n) is 14.4. The van der Waals surface area contributed by atoms with Gasteiger partial charge in [-0.2, -0.15) is 0 Å². The van der Waals surface area contributed by atoms with Crippen LogP contribution in [0.4, 0.5) is 5.13 Å². The smallest absolute Gasteiger partial charge is 0.261 e. The highest BCUT2D eigenvalue weighted by molar-refractivity contribution is 7.80. The van der Waals surface area contributed by atoms with Gasteiger partial charge in [-0.3, -0.25) is 10.1 Å².